The van der Waals surface area contributed by atoms with E-state index >= 15 is 0 Å². The van der Waals surface area contributed by atoms with Crippen LogP contribution in [-0.2, 0) is 0 Å². The Bertz CT molecular complexity index is 437. The van der Waals surface area contributed by atoms with Gasteiger partial charge in [-0.05, 0) is 46.3 Å². The fraction of sp³-hybridized carbons (Fsp3) is 0.455. The standard InChI is InChI=1S/C11H12BrNO4/c12-8-1-2-9(11(15)16)13-10(8)17-5-7-3-6(7)4-14/h1-2,6-7,14H,3-5H2,(H,15,16)/t6-,7-/m1/s1. The number of aliphatic hydroxyl groups is 1. The molecule has 0 radical (unpaired) electrons. The molecule has 0 bridgehead atoms. The summed E-state index contributed by atoms with van der Waals surface area (Å²) < 4.78 is 6.08. The van der Waals surface area contributed by atoms with Crippen LogP contribution in [0.2, 0.25) is 0 Å². The van der Waals surface area contributed by atoms with E-state index in [-0.39, 0.29) is 18.2 Å². The number of aromatic nitrogens is 1. The Morgan fingerprint density at radius 2 is 2.29 bits per heavy atom. The minimum atomic E-state index is -1.08. The lowest BCUT2D eigenvalue weighted by atomic mass is 10.3. The summed E-state index contributed by atoms with van der Waals surface area (Å²) >= 11 is 3.25. The Morgan fingerprint density at radius 1 is 1.53 bits per heavy atom. The van der Waals surface area contributed by atoms with Crippen molar-refractivity contribution in [3.8, 4) is 5.88 Å². The zero-order valence-corrected chi connectivity index (χ0v) is 10.6. The Balaban J connectivity index is 1.99. The molecular weight excluding hydrogens is 290 g/mol. The van der Waals surface area contributed by atoms with Gasteiger partial charge < -0.3 is 14.9 Å². The highest BCUT2D eigenvalue weighted by Crippen LogP contribution is 2.38. The summed E-state index contributed by atoms with van der Waals surface area (Å²) in [6, 6.07) is 3.01. The maximum atomic E-state index is 10.7. The topological polar surface area (TPSA) is 79.7 Å². The number of nitrogens with zero attached hydrogens (tertiary/aromatic N) is 1. The van der Waals surface area contributed by atoms with Crippen LogP contribution in [0.1, 0.15) is 16.9 Å². The summed E-state index contributed by atoms with van der Waals surface area (Å²) in [5.41, 5.74) is -0.0438. The fourth-order valence-corrected chi connectivity index (χ4v) is 1.90. The molecule has 0 aromatic carbocycles. The molecule has 92 valence electrons. The molecule has 2 atom stereocenters. The first-order chi connectivity index (χ1) is 8.11. The van der Waals surface area contributed by atoms with Crippen molar-refractivity contribution < 1.29 is 19.7 Å². The first kappa shape index (κ1) is 12.3. The number of carbonyl (C=O) groups is 1. The minimum absolute atomic E-state index is 0.0438. The van der Waals surface area contributed by atoms with E-state index in [0.717, 1.165) is 6.42 Å². The number of carboxylic acids is 1. The predicted molar refractivity (Wildman–Crippen MR) is 63.1 cm³/mol. The van der Waals surface area contributed by atoms with Gasteiger partial charge in [0.1, 0.15) is 0 Å². The average molecular weight is 302 g/mol. The van der Waals surface area contributed by atoms with Crippen molar-refractivity contribution in [2.75, 3.05) is 13.2 Å². The number of carboxylic acid groups (broad SMARTS) is 1. The quantitative estimate of drug-likeness (QED) is 0.862. The zero-order valence-electron chi connectivity index (χ0n) is 8.97. The van der Waals surface area contributed by atoms with Gasteiger partial charge in [0.25, 0.3) is 0 Å². The highest BCUT2D eigenvalue weighted by molar-refractivity contribution is 9.10. The molecule has 2 N–H and O–H groups in total. The second-order valence-electron chi connectivity index (χ2n) is 4.04. The molecule has 1 heterocycles. The van der Waals surface area contributed by atoms with Crippen LogP contribution in [0, 0.1) is 11.8 Å². The molecule has 5 nitrogen and oxygen atoms in total. The van der Waals surface area contributed by atoms with Crippen molar-refractivity contribution in [1.82, 2.24) is 4.98 Å². The molecule has 1 aliphatic carbocycles. The number of rotatable bonds is 5. The monoisotopic (exact) mass is 301 g/mol. The molecule has 1 aromatic heterocycles. The maximum Gasteiger partial charge on any atom is 0.354 e. The highest BCUT2D eigenvalue weighted by Gasteiger charge is 2.37. The van der Waals surface area contributed by atoms with E-state index in [1.165, 1.54) is 6.07 Å². The maximum absolute atomic E-state index is 10.7. The molecule has 0 unspecified atom stereocenters. The largest absolute Gasteiger partial charge is 0.477 e. The van der Waals surface area contributed by atoms with Gasteiger partial charge in [-0.25, -0.2) is 9.78 Å². The van der Waals surface area contributed by atoms with E-state index in [1.807, 2.05) is 0 Å². The minimum Gasteiger partial charge on any atom is -0.477 e. The summed E-state index contributed by atoms with van der Waals surface area (Å²) in [5, 5.41) is 17.7. The van der Waals surface area contributed by atoms with E-state index in [0.29, 0.717) is 22.9 Å². The lowest BCUT2D eigenvalue weighted by Gasteiger charge is -2.07. The third-order valence-electron chi connectivity index (χ3n) is 2.77. The molecule has 0 amide bonds. The van der Waals surface area contributed by atoms with Gasteiger partial charge in [-0.2, -0.15) is 0 Å². The number of pyridine rings is 1. The van der Waals surface area contributed by atoms with E-state index in [1.54, 1.807) is 6.07 Å². The first-order valence-electron chi connectivity index (χ1n) is 5.25. The van der Waals surface area contributed by atoms with Crippen molar-refractivity contribution in [1.29, 1.82) is 0 Å². The molecule has 2 rings (SSSR count). The van der Waals surface area contributed by atoms with E-state index < -0.39 is 5.97 Å². The van der Waals surface area contributed by atoms with Crippen LogP contribution in [-0.4, -0.2) is 34.4 Å². The molecule has 17 heavy (non-hydrogen) atoms. The van der Waals surface area contributed by atoms with Crippen molar-refractivity contribution >= 4 is 21.9 Å². The van der Waals surface area contributed by atoms with Gasteiger partial charge in [0.05, 0.1) is 11.1 Å². The molecule has 0 aliphatic heterocycles. The van der Waals surface area contributed by atoms with E-state index in [2.05, 4.69) is 20.9 Å². The van der Waals surface area contributed by atoms with Gasteiger partial charge in [-0.3, -0.25) is 0 Å². The van der Waals surface area contributed by atoms with Gasteiger partial charge in [0.15, 0.2) is 5.69 Å². The van der Waals surface area contributed by atoms with Gasteiger partial charge in [0, 0.05) is 6.61 Å². The number of ether oxygens (including phenoxy) is 1. The van der Waals surface area contributed by atoms with E-state index in [9.17, 15) is 4.79 Å². The number of halogens is 1. The smallest absolute Gasteiger partial charge is 0.354 e. The summed E-state index contributed by atoms with van der Waals surface area (Å²) in [7, 11) is 0. The summed E-state index contributed by atoms with van der Waals surface area (Å²) in [5.74, 6) is -0.130. The Morgan fingerprint density at radius 3 is 2.88 bits per heavy atom. The number of aliphatic hydroxyl groups excluding tert-OH is 1. The van der Waals surface area contributed by atoms with Crippen molar-refractivity contribution in [2.24, 2.45) is 11.8 Å². The zero-order chi connectivity index (χ0) is 12.4. The Labute approximate surface area is 107 Å². The van der Waals surface area contributed by atoms with Crippen LogP contribution in [0.5, 0.6) is 5.88 Å². The molecule has 1 fully saturated rings. The summed E-state index contributed by atoms with van der Waals surface area (Å²) in [6.45, 7) is 0.637. The molecule has 1 aromatic rings. The number of aromatic carboxylic acids is 1. The molecule has 0 spiro atoms. The summed E-state index contributed by atoms with van der Waals surface area (Å²) in [4.78, 5) is 14.6. The molecule has 0 saturated heterocycles. The number of hydrogen-bond donors (Lipinski definition) is 2. The third kappa shape index (κ3) is 2.95. The van der Waals surface area contributed by atoms with Gasteiger partial charge >= 0.3 is 5.97 Å². The van der Waals surface area contributed by atoms with Gasteiger partial charge in [-0.1, -0.05) is 0 Å². The summed E-state index contributed by atoms with van der Waals surface area (Å²) in [6.07, 6.45) is 0.951. The second kappa shape index (κ2) is 5.01. The normalized spacial score (nSPS) is 22.2. The van der Waals surface area contributed by atoms with Crippen LogP contribution in [0.15, 0.2) is 16.6 Å². The lowest BCUT2D eigenvalue weighted by Crippen LogP contribution is -2.07. The van der Waals surface area contributed by atoms with Crippen molar-refractivity contribution in [2.45, 2.75) is 6.42 Å². The Kier molecular flexibility index (Phi) is 3.63. The SMILES string of the molecule is O=C(O)c1ccc(Br)c(OC[C@H]2C[C@@H]2CO)n1. The molecule has 6 heteroatoms. The predicted octanol–water partition coefficient (Wildman–Crippen LogP) is 1.55. The highest BCUT2D eigenvalue weighted by atomic mass is 79.9. The van der Waals surface area contributed by atoms with Crippen LogP contribution in [0.4, 0.5) is 0 Å². The van der Waals surface area contributed by atoms with Crippen molar-refractivity contribution in [3.63, 3.8) is 0 Å². The molecule has 1 aliphatic rings. The molecule has 1 saturated carbocycles. The number of hydrogen-bond acceptors (Lipinski definition) is 4. The van der Waals surface area contributed by atoms with Crippen LogP contribution in [0.3, 0.4) is 0 Å². The van der Waals surface area contributed by atoms with Crippen LogP contribution >= 0.6 is 15.9 Å². The van der Waals surface area contributed by atoms with Crippen molar-refractivity contribution in [3.05, 3.63) is 22.3 Å². The van der Waals surface area contributed by atoms with Gasteiger partial charge in [0.2, 0.25) is 5.88 Å². The second-order valence-corrected chi connectivity index (χ2v) is 4.89. The van der Waals surface area contributed by atoms with Gasteiger partial charge in [-0.15, -0.1) is 0 Å². The van der Waals surface area contributed by atoms with Crippen LogP contribution in [0.25, 0.3) is 0 Å². The Hall–Kier alpha value is -1.14. The molecular formula is C11H12BrNO4. The first-order valence-corrected chi connectivity index (χ1v) is 6.04. The van der Waals surface area contributed by atoms with E-state index in [4.69, 9.17) is 14.9 Å². The fourth-order valence-electron chi connectivity index (χ4n) is 1.57. The lowest BCUT2D eigenvalue weighted by molar-refractivity contribution is 0.0689. The third-order valence-corrected chi connectivity index (χ3v) is 3.37. The van der Waals surface area contributed by atoms with Crippen LogP contribution < -0.4 is 4.74 Å². The average Bonchev–Trinajstić information content (AvgIpc) is 3.06.